The van der Waals surface area contributed by atoms with Gasteiger partial charge in [-0.25, -0.2) is 3.21 Å². The molecule has 4 heteroatoms. The summed E-state index contributed by atoms with van der Waals surface area (Å²) in [5.74, 6) is 4.87. The highest BCUT2D eigenvalue weighted by Crippen LogP contribution is 1.74. The first-order valence-corrected chi connectivity index (χ1v) is 2.44. The first-order chi connectivity index (χ1) is 2.91. The fourth-order valence-electron chi connectivity index (χ4n) is 0.0872. The molecule has 0 bridgehead atoms. The molecule has 0 saturated carbocycles. The van der Waals surface area contributed by atoms with Crippen LogP contribution in [0, 0.1) is 0 Å². The molecule has 0 aliphatic heterocycles. The number of nitrogens with two attached hydrogens (primary N) is 1. The summed E-state index contributed by atoms with van der Waals surface area (Å²) in [6.45, 7) is 0.642. The van der Waals surface area contributed by atoms with E-state index in [0.29, 0.717) is 6.54 Å². The molecular weight excluding hydrogens is 193 g/mol. The van der Waals surface area contributed by atoms with Gasteiger partial charge >= 0.3 is 0 Å². The lowest BCUT2D eigenvalue weighted by Crippen LogP contribution is -2.23. The van der Waals surface area contributed by atoms with Crippen molar-refractivity contribution in [3.63, 3.8) is 0 Å². The predicted molar refractivity (Wildman–Crippen MR) is 34.7 cm³/mol. The molecule has 0 unspecified atom stereocenters. The highest BCUT2D eigenvalue weighted by Gasteiger charge is 1.63. The first kappa shape index (κ1) is 6.32. The lowest BCUT2D eigenvalue weighted by atomic mass is 10.8. The van der Waals surface area contributed by atoms with E-state index in [0.717, 1.165) is 0 Å². The van der Waals surface area contributed by atoms with Gasteiger partial charge in [0.15, 0.2) is 0 Å². The van der Waals surface area contributed by atoms with E-state index in [2.05, 4.69) is 8.63 Å². The van der Waals surface area contributed by atoms with Crippen LogP contribution in [-0.2, 0) is 0 Å². The highest BCUT2D eigenvalue weighted by atomic mass is 127. The second-order valence-corrected chi connectivity index (χ2v) is 1.25. The number of rotatable bonds is 2. The predicted octanol–water partition coefficient (Wildman–Crippen LogP) is -0.129. The van der Waals surface area contributed by atoms with Crippen molar-refractivity contribution in [3.05, 3.63) is 0 Å². The Morgan fingerprint density at radius 1 is 2.00 bits per heavy atom. The molecular formula is C2H6IN3. The summed E-state index contributed by atoms with van der Waals surface area (Å²) in [4.78, 5) is 0. The molecule has 36 valence electrons. The largest absolute Gasteiger partial charge is 0.271 e. The molecule has 0 radical (unpaired) electrons. The molecule has 0 heterocycles. The van der Waals surface area contributed by atoms with E-state index in [9.17, 15) is 0 Å². The van der Waals surface area contributed by atoms with Gasteiger partial charge in [-0.15, -0.1) is 0 Å². The third kappa shape index (κ3) is 4.32. The molecule has 0 spiro atoms. The average molecular weight is 199 g/mol. The van der Waals surface area contributed by atoms with Gasteiger partial charge in [-0.1, -0.05) is 0 Å². The molecule has 3 N–H and O–H groups in total. The van der Waals surface area contributed by atoms with Gasteiger partial charge in [0, 0.05) is 12.8 Å². The molecule has 0 atom stereocenters. The second-order valence-electron chi connectivity index (χ2n) is 0.688. The zero-order chi connectivity index (χ0) is 4.83. The van der Waals surface area contributed by atoms with Crippen molar-refractivity contribution in [2.24, 2.45) is 9.05 Å². The van der Waals surface area contributed by atoms with Crippen LogP contribution < -0.4 is 11.3 Å². The van der Waals surface area contributed by atoms with Crippen LogP contribution in [0.4, 0.5) is 0 Å². The molecule has 0 aromatic heterocycles. The molecule has 0 fully saturated rings. The van der Waals surface area contributed by atoms with Crippen LogP contribution in [0.25, 0.3) is 0 Å². The minimum absolute atomic E-state index is 0.642. The van der Waals surface area contributed by atoms with Crippen molar-refractivity contribution < 1.29 is 0 Å². The van der Waals surface area contributed by atoms with Crippen molar-refractivity contribution in [1.82, 2.24) is 5.43 Å². The van der Waals surface area contributed by atoms with Crippen LogP contribution in [0.1, 0.15) is 0 Å². The summed E-state index contributed by atoms with van der Waals surface area (Å²) < 4.78 is 3.63. The van der Waals surface area contributed by atoms with Gasteiger partial charge < -0.3 is 0 Å². The maximum absolute atomic E-state index is 4.87. The molecule has 0 aliphatic carbocycles. The Hall–Kier alpha value is 0.320. The van der Waals surface area contributed by atoms with Crippen LogP contribution >= 0.6 is 22.9 Å². The van der Waals surface area contributed by atoms with Gasteiger partial charge in [-0.2, -0.15) is 0 Å². The monoisotopic (exact) mass is 199 g/mol. The van der Waals surface area contributed by atoms with Gasteiger partial charge in [-0.3, -0.25) is 11.3 Å². The maximum atomic E-state index is 4.87. The van der Waals surface area contributed by atoms with Crippen molar-refractivity contribution in [2.45, 2.75) is 0 Å². The summed E-state index contributed by atoms with van der Waals surface area (Å²) in [5, 5.41) is 0. The Kier molecular flexibility index (Phi) is 5.60. The van der Waals surface area contributed by atoms with Crippen LogP contribution in [0.2, 0.25) is 0 Å². The van der Waals surface area contributed by atoms with Crippen molar-refractivity contribution in [2.75, 3.05) is 6.54 Å². The standard InChI is InChI=1S/C2H6IN3/c3-5-1-2-6-4/h1,6H,2,4H2/b5-1+. The number of nitrogens with zero attached hydrogens (tertiary/aromatic N) is 1. The fourth-order valence-corrected chi connectivity index (χ4v) is 0.284. The summed E-state index contributed by atoms with van der Waals surface area (Å²) in [7, 11) is 0. The number of hydrogen-bond donors (Lipinski definition) is 2. The smallest absolute Gasteiger partial charge is 0.0827 e. The third-order valence-corrected chi connectivity index (χ3v) is 0.672. The SMILES string of the molecule is NNC/C=N/I. The van der Waals surface area contributed by atoms with Crippen molar-refractivity contribution in [1.29, 1.82) is 0 Å². The average Bonchev–Trinajstić information content (AvgIpc) is 1.61. The van der Waals surface area contributed by atoms with E-state index in [1.54, 1.807) is 6.21 Å². The van der Waals surface area contributed by atoms with Crippen LogP contribution in [0.15, 0.2) is 3.21 Å². The molecule has 0 rings (SSSR count). The fraction of sp³-hybridized carbons (Fsp3) is 0.500. The molecule has 0 aromatic carbocycles. The van der Waals surface area contributed by atoms with E-state index >= 15 is 0 Å². The van der Waals surface area contributed by atoms with Gasteiger partial charge in [-0.05, 0) is 0 Å². The Balaban J connectivity index is 2.66. The van der Waals surface area contributed by atoms with Crippen molar-refractivity contribution >= 4 is 29.1 Å². The van der Waals surface area contributed by atoms with Gasteiger partial charge in [0.05, 0.1) is 22.9 Å². The number of hydrogen-bond acceptors (Lipinski definition) is 3. The molecule has 0 amide bonds. The quantitative estimate of drug-likeness (QED) is 0.281. The third-order valence-electron chi connectivity index (χ3n) is 0.278. The van der Waals surface area contributed by atoms with E-state index in [1.807, 2.05) is 22.9 Å². The molecule has 6 heavy (non-hydrogen) atoms. The first-order valence-electron chi connectivity index (χ1n) is 1.48. The lowest BCUT2D eigenvalue weighted by Gasteiger charge is -1.80. The Labute approximate surface area is 50.5 Å². The number of halogens is 1. The Morgan fingerprint density at radius 2 is 2.67 bits per heavy atom. The summed E-state index contributed by atoms with van der Waals surface area (Å²) in [5.41, 5.74) is 2.41. The Bertz CT molecular complexity index is 44.1. The second kappa shape index (κ2) is 5.32. The van der Waals surface area contributed by atoms with Gasteiger partial charge in [0.25, 0.3) is 0 Å². The Morgan fingerprint density at radius 3 is 2.83 bits per heavy atom. The molecule has 0 aromatic rings. The minimum atomic E-state index is 0.642. The van der Waals surface area contributed by atoms with E-state index < -0.39 is 0 Å². The molecule has 3 nitrogen and oxygen atoms in total. The summed E-state index contributed by atoms with van der Waals surface area (Å²) in [6, 6.07) is 0. The summed E-state index contributed by atoms with van der Waals surface area (Å²) in [6.07, 6.45) is 1.68. The topological polar surface area (TPSA) is 50.4 Å². The van der Waals surface area contributed by atoms with Crippen molar-refractivity contribution in [3.8, 4) is 0 Å². The van der Waals surface area contributed by atoms with Gasteiger partial charge in [0.2, 0.25) is 0 Å². The van der Waals surface area contributed by atoms with Crippen LogP contribution in [0.5, 0.6) is 0 Å². The number of hydrazine groups is 1. The van der Waals surface area contributed by atoms with Gasteiger partial charge in [0.1, 0.15) is 0 Å². The lowest BCUT2D eigenvalue weighted by molar-refractivity contribution is 0.853. The van der Waals surface area contributed by atoms with E-state index in [1.165, 1.54) is 0 Å². The zero-order valence-corrected chi connectivity index (χ0v) is 5.34. The molecule has 0 aliphatic rings. The van der Waals surface area contributed by atoms with E-state index in [-0.39, 0.29) is 0 Å². The maximum Gasteiger partial charge on any atom is 0.0827 e. The van der Waals surface area contributed by atoms with E-state index in [4.69, 9.17) is 5.84 Å². The minimum Gasteiger partial charge on any atom is -0.271 e. The highest BCUT2D eigenvalue weighted by molar-refractivity contribution is 14.1. The zero-order valence-electron chi connectivity index (χ0n) is 3.19. The normalized spacial score (nSPS) is 10.3. The van der Waals surface area contributed by atoms with Crippen LogP contribution in [0.3, 0.4) is 0 Å². The molecule has 0 saturated heterocycles. The number of nitrogens with one attached hydrogen (secondary N) is 1. The van der Waals surface area contributed by atoms with Crippen LogP contribution in [-0.4, -0.2) is 12.8 Å². The summed E-state index contributed by atoms with van der Waals surface area (Å²) >= 11 is 1.88.